The van der Waals surface area contributed by atoms with E-state index in [0.717, 1.165) is 0 Å². The summed E-state index contributed by atoms with van der Waals surface area (Å²) in [6.07, 6.45) is 0. The first-order chi connectivity index (χ1) is 8.59. The molecule has 0 aromatic heterocycles. The average Bonchev–Trinajstić information content (AvgIpc) is 2.67. The van der Waals surface area contributed by atoms with E-state index in [9.17, 15) is 4.79 Å². The fourth-order valence-electron chi connectivity index (χ4n) is 2.49. The molecule has 1 amide bonds. The van der Waals surface area contributed by atoms with E-state index in [0.29, 0.717) is 21.3 Å². The Morgan fingerprint density at radius 2 is 1.58 bits per heavy atom. The van der Waals surface area contributed by atoms with Crippen LogP contribution in [-0.4, -0.2) is 11.9 Å². The van der Waals surface area contributed by atoms with E-state index in [-0.39, 0.29) is 22.8 Å². The van der Waals surface area contributed by atoms with E-state index >= 15 is 0 Å². The van der Waals surface area contributed by atoms with Gasteiger partial charge >= 0.3 is 0 Å². The highest BCUT2D eigenvalue weighted by atomic mass is 35.5. The monoisotopic (exact) mass is 300 g/mol. The van der Waals surface area contributed by atoms with Crippen molar-refractivity contribution in [1.82, 2.24) is 5.32 Å². The molecule has 0 aliphatic heterocycles. The molecule has 104 valence electrons. The number of halogens is 2. The molecule has 3 N–H and O–H groups in total. The van der Waals surface area contributed by atoms with Gasteiger partial charge in [0.2, 0.25) is 0 Å². The van der Waals surface area contributed by atoms with Crippen LogP contribution in [0, 0.1) is 10.8 Å². The smallest absolute Gasteiger partial charge is 0.251 e. The van der Waals surface area contributed by atoms with E-state index < -0.39 is 0 Å². The topological polar surface area (TPSA) is 55.1 Å². The lowest BCUT2D eigenvalue weighted by Gasteiger charge is -2.09. The van der Waals surface area contributed by atoms with Gasteiger partial charge in [-0.3, -0.25) is 4.79 Å². The second-order valence-corrected chi connectivity index (χ2v) is 7.02. The molecule has 5 heteroatoms. The minimum Gasteiger partial charge on any atom is -0.396 e. The normalized spacial score (nSPS) is 20.1. The number of anilines is 1. The van der Waals surface area contributed by atoms with Gasteiger partial charge in [0, 0.05) is 11.6 Å². The maximum Gasteiger partial charge on any atom is 0.251 e. The largest absolute Gasteiger partial charge is 0.396 e. The zero-order valence-electron chi connectivity index (χ0n) is 11.5. The van der Waals surface area contributed by atoms with Crippen LogP contribution in [0.25, 0.3) is 0 Å². The van der Waals surface area contributed by atoms with Gasteiger partial charge in [-0.2, -0.15) is 0 Å². The predicted octanol–water partition coefficient (Wildman–Crippen LogP) is 3.74. The number of nitrogens with one attached hydrogen (secondary N) is 1. The molecule has 0 spiro atoms. The lowest BCUT2D eigenvalue weighted by molar-refractivity contribution is 0.0943. The van der Waals surface area contributed by atoms with E-state index in [1.807, 2.05) is 0 Å². The maximum atomic E-state index is 12.2. The van der Waals surface area contributed by atoms with Crippen LogP contribution < -0.4 is 11.1 Å². The number of nitrogens with two attached hydrogens (primary N) is 1. The molecule has 19 heavy (non-hydrogen) atoms. The van der Waals surface area contributed by atoms with E-state index in [1.165, 1.54) is 0 Å². The number of hydrogen-bond acceptors (Lipinski definition) is 2. The van der Waals surface area contributed by atoms with Crippen LogP contribution in [0.3, 0.4) is 0 Å². The summed E-state index contributed by atoms with van der Waals surface area (Å²) in [5.74, 6) is -0.174. The van der Waals surface area contributed by atoms with Crippen molar-refractivity contribution in [3.05, 3.63) is 27.7 Å². The van der Waals surface area contributed by atoms with E-state index in [1.54, 1.807) is 12.1 Å². The van der Waals surface area contributed by atoms with Gasteiger partial charge in [-0.1, -0.05) is 50.9 Å². The van der Waals surface area contributed by atoms with Gasteiger partial charge in [0.05, 0.1) is 15.7 Å². The second kappa shape index (κ2) is 4.29. The quantitative estimate of drug-likeness (QED) is 0.818. The van der Waals surface area contributed by atoms with Crippen molar-refractivity contribution in [1.29, 1.82) is 0 Å². The molecule has 1 aliphatic carbocycles. The first-order valence-electron chi connectivity index (χ1n) is 6.14. The zero-order chi connectivity index (χ0) is 14.6. The number of benzene rings is 1. The molecule has 1 aromatic carbocycles. The van der Waals surface area contributed by atoms with Crippen LogP contribution in [0.1, 0.15) is 38.1 Å². The molecule has 1 aromatic rings. The molecule has 0 bridgehead atoms. The predicted molar refractivity (Wildman–Crippen MR) is 79.7 cm³/mol. The summed E-state index contributed by atoms with van der Waals surface area (Å²) in [4.78, 5) is 12.2. The van der Waals surface area contributed by atoms with Crippen molar-refractivity contribution < 1.29 is 4.79 Å². The van der Waals surface area contributed by atoms with Crippen molar-refractivity contribution in [3.63, 3.8) is 0 Å². The maximum absolute atomic E-state index is 12.2. The first kappa shape index (κ1) is 14.5. The minimum absolute atomic E-state index is 0.0874. The summed E-state index contributed by atoms with van der Waals surface area (Å²) in [5.41, 5.74) is 6.56. The Labute approximate surface area is 123 Å². The van der Waals surface area contributed by atoms with Crippen LogP contribution in [-0.2, 0) is 0 Å². The molecule has 1 fully saturated rings. The zero-order valence-corrected chi connectivity index (χ0v) is 13.0. The number of rotatable bonds is 2. The number of nitrogen functional groups attached to an aromatic ring is 1. The van der Waals surface area contributed by atoms with Gasteiger partial charge in [0.15, 0.2) is 0 Å². The van der Waals surface area contributed by atoms with Gasteiger partial charge in [-0.05, 0) is 23.0 Å². The summed E-state index contributed by atoms with van der Waals surface area (Å²) in [6, 6.07) is 3.23. The van der Waals surface area contributed by atoms with Crippen molar-refractivity contribution in [2.24, 2.45) is 10.8 Å². The van der Waals surface area contributed by atoms with Crippen LogP contribution in [0.5, 0.6) is 0 Å². The third-order valence-corrected chi connectivity index (χ3v) is 5.26. The Bertz CT molecular complexity index is 515. The van der Waals surface area contributed by atoms with E-state index in [4.69, 9.17) is 28.9 Å². The highest BCUT2D eigenvalue weighted by Gasteiger charge is 2.65. The van der Waals surface area contributed by atoms with Gasteiger partial charge in [0.25, 0.3) is 5.91 Å². The van der Waals surface area contributed by atoms with Gasteiger partial charge in [-0.15, -0.1) is 0 Å². The molecular weight excluding hydrogens is 283 g/mol. The van der Waals surface area contributed by atoms with Gasteiger partial charge in [-0.25, -0.2) is 0 Å². The standard InChI is InChI=1S/C14H18Cl2N2O/c1-13(2)12(14(13,3)4)18-11(19)7-5-8(15)10(17)9(16)6-7/h5-6,12H,17H2,1-4H3,(H,18,19). The Morgan fingerprint density at radius 3 is 1.95 bits per heavy atom. The summed E-state index contributed by atoms with van der Waals surface area (Å²) in [6.45, 7) is 8.56. The number of hydrogen-bond donors (Lipinski definition) is 2. The van der Waals surface area contributed by atoms with Crippen LogP contribution in [0.15, 0.2) is 12.1 Å². The van der Waals surface area contributed by atoms with E-state index in [2.05, 4.69) is 33.0 Å². The Morgan fingerprint density at radius 1 is 1.16 bits per heavy atom. The summed E-state index contributed by atoms with van der Waals surface area (Å²) in [5, 5.41) is 3.62. The summed E-state index contributed by atoms with van der Waals surface area (Å²) >= 11 is 11.9. The van der Waals surface area contributed by atoms with Gasteiger partial charge in [0.1, 0.15) is 0 Å². The Balaban J connectivity index is 2.19. The van der Waals surface area contributed by atoms with Crippen LogP contribution >= 0.6 is 23.2 Å². The molecule has 0 saturated heterocycles. The molecule has 1 saturated carbocycles. The molecule has 3 nitrogen and oxygen atoms in total. The SMILES string of the molecule is CC1(C)C(NC(=O)c2cc(Cl)c(N)c(Cl)c2)C1(C)C. The fourth-order valence-corrected chi connectivity index (χ4v) is 2.97. The van der Waals surface area contributed by atoms with Crippen LogP contribution in [0.2, 0.25) is 10.0 Å². The van der Waals surface area contributed by atoms with Gasteiger partial charge < -0.3 is 11.1 Å². The summed E-state index contributed by atoms with van der Waals surface area (Å²) in [7, 11) is 0. The van der Waals surface area contributed by atoms with Crippen LogP contribution in [0.4, 0.5) is 5.69 Å². The molecule has 1 aliphatic rings. The lowest BCUT2D eigenvalue weighted by Crippen LogP contribution is -2.29. The summed E-state index contributed by atoms with van der Waals surface area (Å²) < 4.78 is 0. The molecule has 2 rings (SSSR count). The molecule has 0 unspecified atom stereocenters. The number of carbonyl (C=O) groups is 1. The number of amides is 1. The Kier molecular flexibility index (Phi) is 3.27. The highest BCUT2D eigenvalue weighted by molar-refractivity contribution is 6.39. The third-order valence-electron chi connectivity index (χ3n) is 4.64. The molecular formula is C14H18Cl2N2O. The molecule has 0 atom stereocenters. The van der Waals surface area contributed by atoms with Crippen molar-refractivity contribution in [2.75, 3.05) is 5.73 Å². The third kappa shape index (κ3) is 2.19. The Hall–Kier alpha value is -0.930. The highest BCUT2D eigenvalue weighted by Crippen LogP contribution is 2.62. The average molecular weight is 301 g/mol. The minimum atomic E-state index is -0.174. The fraction of sp³-hybridized carbons (Fsp3) is 0.500. The first-order valence-corrected chi connectivity index (χ1v) is 6.90. The van der Waals surface area contributed by atoms with Crippen molar-refractivity contribution in [2.45, 2.75) is 33.7 Å². The molecule has 0 radical (unpaired) electrons. The van der Waals surface area contributed by atoms with Crippen molar-refractivity contribution >= 4 is 34.8 Å². The lowest BCUT2D eigenvalue weighted by atomic mass is 10.0. The second-order valence-electron chi connectivity index (χ2n) is 6.20. The van der Waals surface area contributed by atoms with Crippen molar-refractivity contribution in [3.8, 4) is 0 Å². The molecule has 0 heterocycles. The number of carbonyl (C=O) groups excluding carboxylic acids is 1.